The van der Waals surface area contributed by atoms with Crippen LogP contribution in [0.4, 0.5) is 0 Å². The standard InChI is InChI=1S/C18H18O7P/c1-22-17(19)15(13-9-5-3-6-10-13)24-26(21)25-16(18(20)23-2)14-11-7-4-8-12-14/h3-12,15-16H,1-2H3/q+1. The molecule has 0 bridgehead atoms. The van der Waals surface area contributed by atoms with Crippen molar-refractivity contribution in [2.24, 2.45) is 0 Å². The summed E-state index contributed by atoms with van der Waals surface area (Å²) in [7, 11) is -0.452. The van der Waals surface area contributed by atoms with Gasteiger partial charge in [0.1, 0.15) is 0 Å². The van der Waals surface area contributed by atoms with Crippen molar-refractivity contribution in [3.63, 3.8) is 0 Å². The number of rotatable bonds is 8. The number of carbonyl (C=O) groups is 2. The molecule has 0 N–H and O–H groups in total. The van der Waals surface area contributed by atoms with E-state index in [0.717, 1.165) is 0 Å². The quantitative estimate of drug-likeness (QED) is 0.514. The molecule has 2 aromatic carbocycles. The predicted octanol–water partition coefficient (Wildman–Crippen LogP) is 3.51. The molecule has 136 valence electrons. The minimum atomic E-state index is -2.83. The molecule has 0 aromatic heterocycles. The number of hydrogen-bond donors (Lipinski definition) is 0. The SMILES string of the molecule is COC(=O)C(O[P+](=O)OC(C(=O)OC)c1ccccc1)c1ccccc1. The Hall–Kier alpha value is -2.60. The van der Waals surface area contributed by atoms with Crippen molar-refractivity contribution in [1.82, 2.24) is 0 Å². The molecule has 7 nitrogen and oxygen atoms in total. The topological polar surface area (TPSA) is 88.1 Å². The van der Waals surface area contributed by atoms with Gasteiger partial charge in [-0.25, -0.2) is 9.59 Å². The number of esters is 2. The Labute approximate surface area is 151 Å². The highest BCUT2D eigenvalue weighted by Gasteiger charge is 2.40. The highest BCUT2D eigenvalue weighted by atomic mass is 31.1. The molecule has 0 saturated carbocycles. The summed E-state index contributed by atoms with van der Waals surface area (Å²) >= 11 is 0. The van der Waals surface area contributed by atoms with Gasteiger partial charge in [-0.1, -0.05) is 69.7 Å². The van der Waals surface area contributed by atoms with E-state index in [4.69, 9.17) is 9.05 Å². The zero-order chi connectivity index (χ0) is 18.9. The molecule has 0 heterocycles. The Morgan fingerprint density at radius 2 is 1.08 bits per heavy atom. The number of methoxy groups -OCH3 is 2. The maximum absolute atomic E-state index is 12.3. The molecule has 0 radical (unpaired) electrons. The van der Waals surface area contributed by atoms with E-state index < -0.39 is 32.4 Å². The summed E-state index contributed by atoms with van der Waals surface area (Å²) in [4.78, 5) is 23.9. The summed E-state index contributed by atoms with van der Waals surface area (Å²) in [6.45, 7) is 0. The zero-order valence-corrected chi connectivity index (χ0v) is 15.1. The molecular weight excluding hydrogens is 359 g/mol. The third kappa shape index (κ3) is 5.20. The van der Waals surface area contributed by atoms with Crippen LogP contribution in [0.5, 0.6) is 0 Å². The summed E-state index contributed by atoms with van der Waals surface area (Å²) in [5, 5.41) is 0. The molecule has 0 aliphatic carbocycles. The van der Waals surface area contributed by atoms with Gasteiger partial charge in [-0.15, -0.1) is 0 Å². The van der Waals surface area contributed by atoms with Crippen LogP contribution in [0.3, 0.4) is 0 Å². The average molecular weight is 377 g/mol. The van der Waals surface area contributed by atoms with E-state index in [1.165, 1.54) is 14.2 Å². The van der Waals surface area contributed by atoms with Crippen LogP contribution < -0.4 is 0 Å². The number of ether oxygens (including phenoxy) is 2. The Balaban J connectivity index is 2.17. The van der Waals surface area contributed by atoms with Crippen molar-refractivity contribution in [3.05, 3.63) is 71.8 Å². The second-order valence-corrected chi connectivity index (χ2v) is 5.93. The van der Waals surface area contributed by atoms with Gasteiger partial charge < -0.3 is 9.47 Å². The fourth-order valence-electron chi connectivity index (χ4n) is 2.15. The van der Waals surface area contributed by atoms with Crippen LogP contribution in [-0.2, 0) is 32.7 Å². The van der Waals surface area contributed by atoms with Gasteiger partial charge in [-0.05, 0) is 11.1 Å². The third-order valence-corrected chi connectivity index (χ3v) is 4.18. The highest BCUT2D eigenvalue weighted by molar-refractivity contribution is 7.33. The van der Waals surface area contributed by atoms with Crippen LogP contribution >= 0.6 is 8.25 Å². The van der Waals surface area contributed by atoms with Crippen LogP contribution in [0, 0.1) is 0 Å². The maximum atomic E-state index is 12.3. The Morgan fingerprint density at radius 1 is 0.731 bits per heavy atom. The zero-order valence-electron chi connectivity index (χ0n) is 14.2. The Kier molecular flexibility index (Phi) is 7.41. The first-order valence-corrected chi connectivity index (χ1v) is 8.72. The molecule has 2 atom stereocenters. The van der Waals surface area contributed by atoms with Crippen molar-refractivity contribution in [2.75, 3.05) is 14.2 Å². The van der Waals surface area contributed by atoms with Crippen molar-refractivity contribution in [2.45, 2.75) is 12.2 Å². The van der Waals surface area contributed by atoms with Gasteiger partial charge in [0.15, 0.2) is 0 Å². The number of hydrogen-bond acceptors (Lipinski definition) is 7. The molecule has 2 unspecified atom stereocenters. The third-order valence-electron chi connectivity index (χ3n) is 3.42. The van der Waals surface area contributed by atoms with Gasteiger partial charge in [0, 0.05) is 4.57 Å². The first kappa shape index (κ1) is 19.7. The van der Waals surface area contributed by atoms with Crippen molar-refractivity contribution >= 4 is 20.2 Å². The predicted molar refractivity (Wildman–Crippen MR) is 92.2 cm³/mol. The molecule has 26 heavy (non-hydrogen) atoms. The van der Waals surface area contributed by atoms with E-state index >= 15 is 0 Å². The largest absolute Gasteiger partial charge is 0.699 e. The van der Waals surface area contributed by atoms with E-state index in [0.29, 0.717) is 11.1 Å². The maximum Gasteiger partial charge on any atom is 0.699 e. The van der Waals surface area contributed by atoms with Gasteiger partial charge in [0.2, 0.25) is 12.2 Å². The van der Waals surface area contributed by atoms with Gasteiger partial charge >= 0.3 is 20.2 Å². The van der Waals surface area contributed by atoms with Crippen molar-refractivity contribution in [1.29, 1.82) is 0 Å². The van der Waals surface area contributed by atoms with Gasteiger partial charge in [-0.3, -0.25) is 0 Å². The fourth-order valence-corrected chi connectivity index (χ4v) is 2.96. The van der Waals surface area contributed by atoms with Gasteiger partial charge in [0.25, 0.3) is 0 Å². The van der Waals surface area contributed by atoms with E-state index in [-0.39, 0.29) is 0 Å². The van der Waals surface area contributed by atoms with Crippen LogP contribution in [-0.4, -0.2) is 26.2 Å². The monoisotopic (exact) mass is 377 g/mol. The molecule has 2 aromatic rings. The number of carbonyl (C=O) groups excluding carboxylic acids is 2. The van der Waals surface area contributed by atoms with Crippen LogP contribution in [0.25, 0.3) is 0 Å². The van der Waals surface area contributed by atoms with E-state index in [2.05, 4.69) is 9.47 Å². The fraction of sp³-hybridized carbons (Fsp3) is 0.222. The number of benzene rings is 2. The van der Waals surface area contributed by atoms with Crippen LogP contribution in [0.1, 0.15) is 23.3 Å². The molecule has 0 saturated heterocycles. The lowest BCUT2D eigenvalue weighted by Crippen LogP contribution is -2.18. The van der Waals surface area contributed by atoms with Gasteiger partial charge in [-0.2, -0.15) is 0 Å². The average Bonchev–Trinajstić information content (AvgIpc) is 2.70. The summed E-state index contributed by atoms with van der Waals surface area (Å²) in [6.07, 6.45) is -2.50. The first-order chi connectivity index (χ1) is 12.6. The summed E-state index contributed by atoms with van der Waals surface area (Å²) < 4.78 is 32.2. The Morgan fingerprint density at radius 3 is 1.38 bits per heavy atom. The molecule has 8 heteroatoms. The summed E-state index contributed by atoms with van der Waals surface area (Å²) in [6, 6.07) is 16.8. The second-order valence-electron chi connectivity index (χ2n) is 5.06. The van der Waals surface area contributed by atoms with Crippen LogP contribution in [0.15, 0.2) is 60.7 Å². The molecule has 2 rings (SSSR count). The van der Waals surface area contributed by atoms with E-state index in [1.807, 2.05) is 0 Å². The summed E-state index contributed by atoms with van der Waals surface area (Å²) in [5.41, 5.74) is 0.890. The lowest BCUT2D eigenvalue weighted by atomic mass is 10.1. The second kappa shape index (κ2) is 9.77. The van der Waals surface area contributed by atoms with Crippen molar-refractivity contribution < 1.29 is 32.7 Å². The first-order valence-electron chi connectivity index (χ1n) is 7.63. The highest BCUT2D eigenvalue weighted by Crippen LogP contribution is 2.39. The smallest absolute Gasteiger partial charge is 0.467 e. The van der Waals surface area contributed by atoms with E-state index in [1.54, 1.807) is 60.7 Å². The summed E-state index contributed by atoms with van der Waals surface area (Å²) in [5.74, 6) is -1.48. The lowest BCUT2D eigenvalue weighted by Gasteiger charge is -2.11. The van der Waals surface area contributed by atoms with E-state index in [9.17, 15) is 14.2 Å². The molecule has 0 amide bonds. The molecule has 0 aliphatic rings. The minimum absolute atomic E-state index is 0.445. The molecular formula is C18H18O7P+. The minimum Gasteiger partial charge on any atom is -0.467 e. The van der Waals surface area contributed by atoms with Crippen LogP contribution in [0.2, 0.25) is 0 Å². The normalized spacial score (nSPS) is 13.4. The molecule has 0 spiro atoms. The lowest BCUT2D eigenvalue weighted by molar-refractivity contribution is -0.151. The van der Waals surface area contributed by atoms with Gasteiger partial charge in [0.05, 0.1) is 14.2 Å². The van der Waals surface area contributed by atoms with Crippen molar-refractivity contribution in [3.8, 4) is 0 Å². The molecule has 0 fully saturated rings. The Bertz CT molecular complexity index is 685. The molecule has 0 aliphatic heterocycles.